The lowest BCUT2D eigenvalue weighted by Gasteiger charge is -2.10. The third-order valence-electron chi connectivity index (χ3n) is 2.18. The van der Waals surface area contributed by atoms with Gasteiger partial charge in [-0.1, -0.05) is 15.9 Å². The number of rotatable bonds is 4. The van der Waals surface area contributed by atoms with E-state index in [1.165, 1.54) is 0 Å². The number of aryl methyl sites for hydroxylation is 2. The van der Waals surface area contributed by atoms with E-state index in [2.05, 4.69) is 20.7 Å². The molecular weight excluding hydrogens is 328 g/mol. The van der Waals surface area contributed by atoms with Crippen LogP contribution >= 0.6 is 28.3 Å². The minimum atomic E-state index is -3.44. The van der Waals surface area contributed by atoms with Crippen molar-refractivity contribution in [1.82, 2.24) is 4.72 Å². The lowest BCUT2D eigenvalue weighted by Crippen LogP contribution is -2.29. The Kier molecular flexibility index (Phi) is 6.65. The Balaban J connectivity index is 0.00000256. The van der Waals surface area contributed by atoms with Crippen LogP contribution in [0.25, 0.3) is 0 Å². The highest BCUT2D eigenvalue weighted by Gasteiger charge is 2.16. The highest BCUT2D eigenvalue weighted by molar-refractivity contribution is 9.10. The number of hydrogen-bond donors (Lipinski definition) is 2. The third-order valence-corrected chi connectivity index (χ3v) is 4.64. The summed E-state index contributed by atoms with van der Waals surface area (Å²) >= 11 is 3.36. The maximum absolute atomic E-state index is 11.9. The molecule has 0 bridgehead atoms. The molecule has 0 saturated carbocycles. The molecule has 0 aliphatic rings. The molecule has 0 aromatic heterocycles. The van der Waals surface area contributed by atoms with Crippen molar-refractivity contribution in [2.45, 2.75) is 18.7 Å². The Hall–Kier alpha value is -0.140. The highest BCUT2D eigenvalue weighted by Crippen LogP contribution is 2.23. The van der Waals surface area contributed by atoms with Crippen LogP contribution in [-0.2, 0) is 10.0 Å². The van der Waals surface area contributed by atoms with Gasteiger partial charge in [0.05, 0.1) is 4.90 Å². The molecule has 0 aliphatic heterocycles. The predicted octanol–water partition coefficient (Wildman–Crippen LogP) is 1.72. The molecule has 1 aromatic carbocycles. The van der Waals surface area contributed by atoms with Gasteiger partial charge in [-0.05, 0) is 37.1 Å². The van der Waals surface area contributed by atoms with Crippen molar-refractivity contribution in [3.63, 3.8) is 0 Å². The summed E-state index contributed by atoms with van der Waals surface area (Å²) in [5.41, 5.74) is 6.87. The first kappa shape index (κ1) is 16.9. The first-order chi connectivity index (χ1) is 7.38. The van der Waals surface area contributed by atoms with Crippen molar-refractivity contribution in [3.05, 3.63) is 27.7 Å². The molecule has 3 N–H and O–H groups in total. The van der Waals surface area contributed by atoms with E-state index in [1.807, 2.05) is 6.92 Å². The first-order valence-electron chi connectivity index (χ1n) is 4.85. The summed E-state index contributed by atoms with van der Waals surface area (Å²) in [7, 11) is -3.44. The summed E-state index contributed by atoms with van der Waals surface area (Å²) in [4.78, 5) is 0.307. The zero-order chi connectivity index (χ0) is 12.3. The van der Waals surface area contributed by atoms with Gasteiger partial charge in [0.15, 0.2) is 0 Å². The van der Waals surface area contributed by atoms with Crippen molar-refractivity contribution in [2.24, 2.45) is 5.73 Å². The van der Waals surface area contributed by atoms with E-state index < -0.39 is 10.0 Å². The number of nitrogens with two attached hydrogens (primary N) is 1. The van der Waals surface area contributed by atoms with Gasteiger partial charge in [0.1, 0.15) is 0 Å². The van der Waals surface area contributed by atoms with Crippen LogP contribution in [0.2, 0.25) is 0 Å². The van der Waals surface area contributed by atoms with E-state index in [-0.39, 0.29) is 25.5 Å². The molecule has 0 saturated heterocycles. The fourth-order valence-corrected chi connectivity index (χ4v) is 3.13. The Morgan fingerprint density at radius 1 is 1.29 bits per heavy atom. The van der Waals surface area contributed by atoms with E-state index >= 15 is 0 Å². The van der Waals surface area contributed by atoms with Gasteiger partial charge in [0.2, 0.25) is 10.0 Å². The van der Waals surface area contributed by atoms with Crippen molar-refractivity contribution in [2.75, 3.05) is 13.1 Å². The zero-order valence-electron chi connectivity index (χ0n) is 9.66. The van der Waals surface area contributed by atoms with Crippen LogP contribution in [0.3, 0.4) is 0 Å². The molecule has 1 rings (SSSR count). The molecule has 0 spiro atoms. The van der Waals surface area contributed by atoms with Gasteiger partial charge in [-0.2, -0.15) is 0 Å². The van der Waals surface area contributed by atoms with Crippen molar-refractivity contribution in [3.8, 4) is 0 Å². The van der Waals surface area contributed by atoms with Gasteiger partial charge in [-0.3, -0.25) is 0 Å². The number of benzene rings is 1. The molecule has 4 nitrogen and oxygen atoms in total. The average molecular weight is 344 g/mol. The highest BCUT2D eigenvalue weighted by atomic mass is 79.9. The first-order valence-corrected chi connectivity index (χ1v) is 7.12. The zero-order valence-corrected chi connectivity index (χ0v) is 12.9. The monoisotopic (exact) mass is 342 g/mol. The molecule has 0 amide bonds. The average Bonchev–Trinajstić information content (AvgIpc) is 2.20. The van der Waals surface area contributed by atoms with E-state index in [1.54, 1.807) is 19.1 Å². The van der Waals surface area contributed by atoms with Gasteiger partial charge < -0.3 is 5.73 Å². The van der Waals surface area contributed by atoms with Crippen LogP contribution in [0.5, 0.6) is 0 Å². The van der Waals surface area contributed by atoms with Gasteiger partial charge in [-0.15, -0.1) is 12.4 Å². The molecule has 98 valence electrons. The van der Waals surface area contributed by atoms with Crippen LogP contribution in [-0.4, -0.2) is 21.5 Å². The van der Waals surface area contributed by atoms with Gasteiger partial charge in [0.25, 0.3) is 0 Å². The Labute approximate surface area is 117 Å². The third kappa shape index (κ3) is 4.22. The Bertz CT molecular complexity index is 491. The second-order valence-corrected chi connectivity index (χ2v) is 6.14. The molecule has 0 unspecified atom stereocenters. The lowest BCUT2D eigenvalue weighted by molar-refractivity contribution is 0.581. The van der Waals surface area contributed by atoms with Crippen LogP contribution in [0.1, 0.15) is 11.1 Å². The summed E-state index contributed by atoms with van der Waals surface area (Å²) in [5.74, 6) is 0. The van der Waals surface area contributed by atoms with Crippen molar-refractivity contribution < 1.29 is 8.42 Å². The van der Waals surface area contributed by atoms with E-state index in [9.17, 15) is 8.42 Å². The Morgan fingerprint density at radius 2 is 1.88 bits per heavy atom. The van der Waals surface area contributed by atoms with Gasteiger partial charge >= 0.3 is 0 Å². The second-order valence-electron chi connectivity index (χ2n) is 3.55. The van der Waals surface area contributed by atoms with Crippen LogP contribution in [0.15, 0.2) is 21.5 Å². The molecule has 0 radical (unpaired) electrons. The van der Waals surface area contributed by atoms with Crippen molar-refractivity contribution >= 4 is 38.4 Å². The number of nitrogens with one attached hydrogen (secondary N) is 1. The standard InChI is InChI=1S/C10H15BrN2O2S.ClH/c1-7-6-10(8(2)5-9(7)11)16(14,15)13-4-3-12;/h5-6,13H,3-4,12H2,1-2H3;1H. The largest absolute Gasteiger partial charge is 0.329 e. The van der Waals surface area contributed by atoms with Gasteiger partial charge in [-0.25, -0.2) is 13.1 Å². The van der Waals surface area contributed by atoms with Gasteiger partial charge in [0, 0.05) is 17.6 Å². The fraction of sp³-hybridized carbons (Fsp3) is 0.400. The summed E-state index contributed by atoms with van der Waals surface area (Å²) < 4.78 is 27.1. The number of halogens is 2. The summed E-state index contributed by atoms with van der Waals surface area (Å²) in [6.07, 6.45) is 0. The molecule has 7 heteroatoms. The summed E-state index contributed by atoms with van der Waals surface area (Å²) in [6.45, 7) is 4.15. The fourth-order valence-electron chi connectivity index (χ4n) is 1.32. The molecule has 0 fully saturated rings. The maximum Gasteiger partial charge on any atom is 0.240 e. The number of sulfonamides is 1. The smallest absolute Gasteiger partial charge is 0.240 e. The molecule has 1 aromatic rings. The molecule has 0 heterocycles. The van der Waals surface area contributed by atoms with E-state index in [0.29, 0.717) is 10.5 Å². The molecule has 17 heavy (non-hydrogen) atoms. The quantitative estimate of drug-likeness (QED) is 0.874. The summed E-state index contributed by atoms with van der Waals surface area (Å²) in [5, 5.41) is 0. The van der Waals surface area contributed by atoms with Crippen molar-refractivity contribution in [1.29, 1.82) is 0 Å². The van der Waals surface area contributed by atoms with Crippen LogP contribution < -0.4 is 10.5 Å². The molecule has 0 atom stereocenters. The topological polar surface area (TPSA) is 72.2 Å². The molecular formula is C10H16BrClN2O2S. The van der Waals surface area contributed by atoms with E-state index in [4.69, 9.17) is 5.73 Å². The number of hydrogen-bond acceptors (Lipinski definition) is 3. The van der Waals surface area contributed by atoms with E-state index in [0.717, 1.165) is 10.0 Å². The second kappa shape index (κ2) is 6.70. The summed E-state index contributed by atoms with van der Waals surface area (Å²) in [6, 6.07) is 3.45. The van der Waals surface area contributed by atoms with Crippen LogP contribution in [0.4, 0.5) is 0 Å². The normalized spacial score (nSPS) is 11.1. The Morgan fingerprint density at radius 3 is 2.41 bits per heavy atom. The lowest BCUT2D eigenvalue weighted by atomic mass is 10.2. The minimum absolute atomic E-state index is 0. The minimum Gasteiger partial charge on any atom is -0.329 e. The maximum atomic E-state index is 11.9. The predicted molar refractivity (Wildman–Crippen MR) is 75.1 cm³/mol. The molecule has 0 aliphatic carbocycles. The van der Waals surface area contributed by atoms with Crippen LogP contribution in [0, 0.1) is 13.8 Å². The SMILES string of the molecule is Cc1cc(S(=O)(=O)NCCN)c(C)cc1Br.Cl.